The van der Waals surface area contributed by atoms with E-state index in [1.165, 1.54) is 25.8 Å². The van der Waals surface area contributed by atoms with Crippen molar-refractivity contribution in [3.63, 3.8) is 0 Å². The molecular formula is C7H14N-. The zero-order valence-corrected chi connectivity index (χ0v) is 5.56. The number of nitrogens with zero attached hydrogens (tertiary/aromatic N) is 1. The van der Waals surface area contributed by atoms with Crippen molar-refractivity contribution < 1.29 is 0 Å². The summed E-state index contributed by atoms with van der Waals surface area (Å²) < 4.78 is 0. The Bertz CT molecular complexity index is 70.8. The molecule has 1 aliphatic heterocycles. The Balaban J connectivity index is 2.30. The van der Waals surface area contributed by atoms with Gasteiger partial charge in [0.1, 0.15) is 0 Å². The molecular weight excluding hydrogens is 98.1 g/mol. The number of hydrogen-bond acceptors (Lipinski definition) is 1. The summed E-state index contributed by atoms with van der Waals surface area (Å²) in [5.41, 5.74) is 0. The van der Waals surface area contributed by atoms with Crippen LogP contribution in [0.15, 0.2) is 0 Å². The third kappa shape index (κ3) is 1.03. The van der Waals surface area contributed by atoms with E-state index in [1.54, 1.807) is 0 Å². The Hall–Kier alpha value is -0.0400. The average molecular weight is 112 g/mol. The highest BCUT2D eigenvalue weighted by Gasteiger charge is 2.12. The molecule has 0 bridgehead atoms. The maximum absolute atomic E-state index is 3.92. The van der Waals surface area contributed by atoms with Crippen molar-refractivity contribution in [1.29, 1.82) is 0 Å². The quantitative estimate of drug-likeness (QED) is 0.466. The average Bonchev–Trinajstić information content (AvgIpc) is 2.14. The van der Waals surface area contributed by atoms with E-state index in [4.69, 9.17) is 0 Å². The van der Waals surface area contributed by atoms with E-state index in [-0.39, 0.29) is 0 Å². The van der Waals surface area contributed by atoms with E-state index in [9.17, 15) is 0 Å². The van der Waals surface area contributed by atoms with Gasteiger partial charge < -0.3 is 4.90 Å². The predicted molar refractivity (Wildman–Crippen MR) is 35.4 cm³/mol. The standard InChI is InChI=1S/C7H14N/c1-3-7-5-4-6-8(7)2/h7H,2-6H2,1H3/q-1/t7-/m0/s1. The number of likely N-dealkylation sites (tertiary alicyclic amines) is 1. The topological polar surface area (TPSA) is 3.24 Å². The van der Waals surface area contributed by atoms with Gasteiger partial charge in [0.05, 0.1) is 0 Å². The third-order valence-corrected chi connectivity index (χ3v) is 1.97. The molecule has 0 spiro atoms. The van der Waals surface area contributed by atoms with Crippen molar-refractivity contribution in [3.8, 4) is 0 Å². The predicted octanol–water partition coefficient (Wildman–Crippen LogP) is 1.65. The Morgan fingerprint density at radius 3 is 2.75 bits per heavy atom. The minimum absolute atomic E-state index is 0.787. The molecule has 0 N–H and O–H groups in total. The fourth-order valence-corrected chi connectivity index (χ4v) is 1.36. The minimum Gasteiger partial charge on any atom is -0.457 e. The van der Waals surface area contributed by atoms with Crippen molar-refractivity contribution >= 4 is 0 Å². The zero-order valence-electron chi connectivity index (χ0n) is 5.56. The number of hydrogen-bond donors (Lipinski definition) is 0. The summed E-state index contributed by atoms with van der Waals surface area (Å²) in [4.78, 5) is 2.21. The molecule has 0 amide bonds. The van der Waals surface area contributed by atoms with Gasteiger partial charge in [0.2, 0.25) is 0 Å². The van der Waals surface area contributed by atoms with Crippen LogP contribution in [0.1, 0.15) is 26.2 Å². The van der Waals surface area contributed by atoms with E-state index in [2.05, 4.69) is 18.9 Å². The molecule has 0 aromatic rings. The SMILES string of the molecule is [CH2-]N1CCC[C@@H]1CC. The van der Waals surface area contributed by atoms with Crippen molar-refractivity contribution in [1.82, 2.24) is 4.90 Å². The monoisotopic (exact) mass is 112 g/mol. The van der Waals surface area contributed by atoms with E-state index < -0.39 is 0 Å². The normalized spacial score (nSPS) is 31.5. The molecule has 0 unspecified atom stereocenters. The van der Waals surface area contributed by atoms with Gasteiger partial charge in [0.15, 0.2) is 0 Å². The molecule has 1 fully saturated rings. The Morgan fingerprint density at radius 1 is 1.75 bits per heavy atom. The molecule has 0 saturated carbocycles. The van der Waals surface area contributed by atoms with E-state index in [1.807, 2.05) is 0 Å². The highest BCUT2D eigenvalue weighted by molar-refractivity contribution is 4.76. The fourth-order valence-electron chi connectivity index (χ4n) is 1.36. The highest BCUT2D eigenvalue weighted by Crippen LogP contribution is 2.17. The first-order chi connectivity index (χ1) is 3.84. The first-order valence-corrected chi connectivity index (χ1v) is 3.41. The largest absolute Gasteiger partial charge is 0.457 e. The Morgan fingerprint density at radius 2 is 2.50 bits per heavy atom. The van der Waals surface area contributed by atoms with Gasteiger partial charge in [-0.2, -0.15) is 0 Å². The van der Waals surface area contributed by atoms with Gasteiger partial charge >= 0.3 is 0 Å². The Kier molecular flexibility index (Phi) is 1.90. The van der Waals surface area contributed by atoms with Gasteiger partial charge in [-0.15, -0.1) is 0 Å². The summed E-state index contributed by atoms with van der Waals surface area (Å²) >= 11 is 0. The van der Waals surface area contributed by atoms with E-state index in [0.29, 0.717) is 0 Å². The zero-order chi connectivity index (χ0) is 5.98. The van der Waals surface area contributed by atoms with Crippen LogP contribution >= 0.6 is 0 Å². The molecule has 1 rings (SSSR count). The van der Waals surface area contributed by atoms with Crippen LogP contribution < -0.4 is 0 Å². The molecule has 1 heterocycles. The molecule has 1 saturated heterocycles. The molecule has 48 valence electrons. The first kappa shape index (κ1) is 6.09. The van der Waals surface area contributed by atoms with Crippen molar-refractivity contribution in [2.75, 3.05) is 6.54 Å². The molecule has 8 heavy (non-hydrogen) atoms. The van der Waals surface area contributed by atoms with Crippen LogP contribution in [-0.4, -0.2) is 17.5 Å². The fraction of sp³-hybridized carbons (Fsp3) is 0.857. The van der Waals surface area contributed by atoms with Gasteiger partial charge in [-0.25, -0.2) is 0 Å². The first-order valence-electron chi connectivity index (χ1n) is 3.41. The minimum atomic E-state index is 0.787. The van der Waals surface area contributed by atoms with Crippen molar-refractivity contribution in [2.45, 2.75) is 32.2 Å². The van der Waals surface area contributed by atoms with Crippen LogP contribution in [0.5, 0.6) is 0 Å². The van der Waals surface area contributed by atoms with Crippen LogP contribution in [0.2, 0.25) is 0 Å². The smallest absolute Gasteiger partial charge is 0.0187 e. The molecule has 1 aliphatic rings. The summed E-state index contributed by atoms with van der Waals surface area (Å²) in [7, 11) is 3.92. The van der Waals surface area contributed by atoms with Gasteiger partial charge in [-0.3, -0.25) is 7.05 Å². The summed E-state index contributed by atoms with van der Waals surface area (Å²) in [5.74, 6) is 0. The second-order valence-electron chi connectivity index (χ2n) is 2.52. The van der Waals surface area contributed by atoms with Crippen molar-refractivity contribution in [3.05, 3.63) is 7.05 Å². The summed E-state index contributed by atoms with van der Waals surface area (Å²) in [6, 6.07) is 0.787. The molecule has 0 aliphatic carbocycles. The third-order valence-electron chi connectivity index (χ3n) is 1.97. The summed E-state index contributed by atoms with van der Waals surface area (Å²) in [5, 5.41) is 0. The van der Waals surface area contributed by atoms with Gasteiger partial charge in [0.25, 0.3) is 0 Å². The van der Waals surface area contributed by atoms with Crippen molar-refractivity contribution in [2.24, 2.45) is 0 Å². The van der Waals surface area contributed by atoms with Crippen LogP contribution in [-0.2, 0) is 0 Å². The van der Waals surface area contributed by atoms with Crippen LogP contribution in [0.3, 0.4) is 0 Å². The molecule has 1 nitrogen and oxygen atoms in total. The second-order valence-corrected chi connectivity index (χ2v) is 2.52. The van der Waals surface area contributed by atoms with Gasteiger partial charge in [-0.1, -0.05) is 6.92 Å². The van der Waals surface area contributed by atoms with E-state index >= 15 is 0 Å². The molecule has 1 heteroatoms. The summed E-state index contributed by atoms with van der Waals surface area (Å²) in [6.45, 7) is 3.44. The second kappa shape index (κ2) is 2.49. The lowest BCUT2D eigenvalue weighted by atomic mass is 10.2. The maximum atomic E-state index is 3.92. The van der Waals surface area contributed by atoms with Crippen LogP contribution in [0.25, 0.3) is 0 Å². The number of rotatable bonds is 1. The Labute approximate surface area is 51.7 Å². The maximum Gasteiger partial charge on any atom is -0.0187 e. The lowest BCUT2D eigenvalue weighted by molar-refractivity contribution is 0.336. The lowest BCUT2D eigenvalue weighted by Gasteiger charge is -2.25. The van der Waals surface area contributed by atoms with E-state index in [0.717, 1.165) is 6.04 Å². The van der Waals surface area contributed by atoms with Crippen LogP contribution in [0.4, 0.5) is 0 Å². The molecule has 1 atom stereocenters. The highest BCUT2D eigenvalue weighted by atomic mass is 15.1. The lowest BCUT2D eigenvalue weighted by Crippen LogP contribution is -2.21. The summed E-state index contributed by atoms with van der Waals surface area (Å²) in [6.07, 6.45) is 3.98. The molecule has 0 aromatic heterocycles. The molecule has 0 radical (unpaired) electrons. The van der Waals surface area contributed by atoms with Crippen LogP contribution in [0, 0.1) is 7.05 Å². The molecule has 0 aromatic carbocycles. The van der Waals surface area contributed by atoms with Gasteiger partial charge in [0, 0.05) is 0 Å². The van der Waals surface area contributed by atoms with Gasteiger partial charge in [-0.05, 0) is 31.8 Å².